The van der Waals surface area contributed by atoms with E-state index in [-0.39, 0.29) is 5.75 Å². The zero-order chi connectivity index (χ0) is 13.8. The first-order valence-corrected chi connectivity index (χ1v) is 6.10. The van der Waals surface area contributed by atoms with Crippen LogP contribution in [0.4, 0.5) is 8.78 Å². The molecule has 0 saturated heterocycles. The Morgan fingerprint density at radius 3 is 2.63 bits per heavy atom. The molecule has 0 aliphatic heterocycles. The van der Waals surface area contributed by atoms with Crippen molar-refractivity contribution in [2.75, 3.05) is 6.54 Å². The number of para-hydroxylation sites is 1. The monoisotopic (exact) mass is 283 g/mol. The lowest BCUT2D eigenvalue weighted by Crippen LogP contribution is -2.04. The van der Waals surface area contributed by atoms with Crippen LogP contribution in [0, 0.1) is 11.6 Å². The molecule has 100 valence electrons. The number of hydrogen-bond acceptors (Lipinski definition) is 2. The summed E-state index contributed by atoms with van der Waals surface area (Å²) in [6, 6.07) is 8.31. The van der Waals surface area contributed by atoms with E-state index < -0.39 is 11.6 Å². The summed E-state index contributed by atoms with van der Waals surface area (Å²) >= 11 is 6.04. The van der Waals surface area contributed by atoms with Crippen molar-refractivity contribution >= 4 is 11.6 Å². The number of benzene rings is 2. The Morgan fingerprint density at radius 1 is 1.16 bits per heavy atom. The molecule has 0 radical (unpaired) electrons. The van der Waals surface area contributed by atoms with E-state index in [1.54, 1.807) is 18.2 Å². The minimum Gasteiger partial charge on any atom is -0.452 e. The van der Waals surface area contributed by atoms with Gasteiger partial charge in [-0.3, -0.25) is 0 Å². The van der Waals surface area contributed by atoms with Crippen molar-refractivity contribution in [3.8, 4) is 11.5 Å². The molecular formula is C14H12ClF2NO. The van der Waals surface area contributed by atoms with Gasteiger partial charge in [0.05, 0.1) is 5.02 Å². The van der Waals surface area contributed by atoms with Crippen molar-refractivity contribution in [3.05, 3.63) is 58.6 Å². The van der Waals surface area contributed by atoms with E-state index in [1.807, 2.05) is 0 Å². The number of ether oxygens (including phenoxy) is 1. The van der Waals surface area contributed by atoms with Gasteiger partial charge in [-0.1, -0.05) is 23.7 Å². The van der Waals surface area contributed by atoms with E-state index in [2.05, 4.69) is 0 Å². The molecule has 0 atom stereocenters. The van der Waals surface area contributed by atoms with Gasteiger partial charge in [0.2, 0.25) is 0 Å². The summed E-state index contributed by atoms with van der Waals surface area (Å²) in [4.78, 5) is 0. The second-order valence-electron chi connectivity index (χ2n) is 3.94. The van der Waals surface area contributed by atoms with Crippen LogP contribution in [0.15, 0.2) is 36.4 Å². The highest BCUT2D eigenvalue weighted by Crippen LogP contribution is 2.34. The second kappa shape index (κ2) is 5.99. The number of hydrogen-bond donors (Lipinski definition) is 1. The molecule has 0 aliphatic carbocycles. The molecular weight excluding hydrogens is 272 g/mol. The molecule has 0 heterocycles. The Kier molecular flexibility index (Phi) is 4.35. The highest BCUT2D eigenvalue weighted by atomic mass is 35.5. The fraction of sp³-hybridized carbons (Fsp3) is 0.143. The minimum atomic E-state index is -0.779. The van der Waals surface area contributed by atoms with Gasteiger partial charge in [0.25, 0.3) is 0 Å². The molecule has 2 aromatic rings. The summed E-state index contributed by atoms with van der Waals surface area (Å²) in [5, 5.41) is 0.356. The summed E-state index contributed by atoms with van der Waals surface area (Å²) in [5.41, 5.74) is 6.28. The fourth-order valence-electron chi connectivity index (χ4n) is 1.69. The third-order valence-electron chi connectivity index (χ3n) is 2.57. The van der Waals surface area contributed by atoms with Crippen molar-refractivity contribution in [2.45, 2.75) is 6.42 Å². The molecule has 0 saturated carbocycles. The Hall–Kier alpha value is -1.65. The third kappa shape index (κ3) is 3.22. The second-order valence-corrected chi connectivity index (χ2v) is 4.35. The van der Waals surface area contributed by atoms with Crippen molar-refractivity contribution in [1.29, 1.82) is 0 Å². The molecule has 0 aromatic heterocycles. The predicted octanol–water partition coefficient (Wildman–Crippen LogP) is 3.91. The number of rotatable bonds is 4. The van der Waals surface area contributed by atoms with Crippen molar-refractivity contribution < 1.29 is 13.5 Å². The Balaban J connectivity index is 2.37. The lowest BCUT2D eigenvalue weighted by atomic mass is 10.1. The molecule has 0 aliphatic rings. The summed E-state index contributed by atoms with van der Waals surface area (Å²) in [6.45, 7) is 0.419. The molecule has 5 heteroatoms. The van der Waals surface area contributed by atoms with E-state index in [0.717, 1.165) is 17.7 Å². The molecule has 0 fully saturated rings. The van der Waals surface area contributed by atoms with Gasteiger partial charge in [-0.05, 0) is 36.7 Å². The standard InChI is InChI=1S/C14H12ClF2NO/c15-11-3-1-2-9(6-7-18)14(11)19-13-5-4-10(16)8-12(13)17/h1-5,8H,6-7,18H2. The van der Waals surface area contributed by atoms with Crippen LogP contribution >= 0.6 is 11.6 Å². The van der Waals surface area contributed by atoms with Crippen LogP contribution in [0.2, 0.25) is 5.02 Å². The highest BCUT2D eigenvalue weighted by molar-refractivity contribution is 6.32. The first kappa shape index (κ1) is 13.8. The van der Waals surface area contributed by atoms with Crippen molar-refractivity contribution in [3.63, 3.8) is 0 Å². The van der Waals surface area contributed by atoms with Crippen LogP contribution in [0.25, 0.3) is 0 Å². The Labute approximate surface area is 114 Å². The van der Waals surface area contributed by atoms with Crippen LogP contribution in [-0.2, 0) is 6.42 Å². The van der Waals surface area contributed by atoms with Gasteiger partial charge in [-0.25, -0.2) is 8.78 Å². The van der Waals surface area contributed by atoms with Crippen LogP contribution in [-0.4, -0.2) is 6.54 Å². The maximum absolute atomic E-state index is 13.6. The van der Waals surface area contributed by atoms with Gasteiger partial charge in [-0.15, -0.1) is 0 Å². The highest BCUT2D eigenvalue weighted by Gasteiger charge is 2.12. The van der Waals surface area contributed by atoms with Crippen molar-refractivity contribution in [2.24, 2.45) is 5.73 Å². The van der Waals surface area contributed by atoms with E-state index >= 15 is 0 Å². The molecule has 2 rings (SSSR count). The summed E-state index contributed by atoms with van der Waals surface area (Å²) < 4.78 is 31.8. The quantitative estimate of drug-likeness (QED) is 0.923. The maximum Gasteiger partial charge on any atom is 0.168 e. The smallest absolute Gasteiger partial charge is 0.168 e. The van der Waals surface area contributed by atoms with Gasteiger partial charge in [0.1, 0.15) is 11.6 Å². The number of nitrogens with two attached hydrogens (primary N) is 1. The summed E-state index contributed by atoms with van der Waals surface area (Å²) in [6.07, 6.45) is 0.554. The largest absolute Gasteiger partial charge is 0.452 e. The predicted molar refractivity (Wildman–Crippen MR) is 70.6 cm³/mol. The lowest BCUT2D eigenvalue weighted by molar-refractivity contribution is 0.433. The van der Waals surface area contributed by atoms with Crippen LogP contribution in [0.1, 0.15) is 5.56 Å². The van der Waals surface area contributed by atoms with Crippen LogP contribution < -0.4 is 10.5 Å². The van der Waals surface area contributed by atoms with Crippen LogP contribution in [0.5, 0.6) is 11.5 Å². The van der Waals surface area contributed by atoms with E-state index in [9.17, 15) is 8.78 Å². The Bertz CT molecular complexity index is 590. The molecule has 2 N–H and O–H groups in total. The zero-order valence-corrected chi connectivity index (χ0v) is 10.8. The van der Waals surface area contributed by atoms with Gasteiger partial charge >= 0.3 is 0 Å². The Morgan fingerprint density at radius 2 is 1.95 bits per heavy atom. The summed E-state index contributed by atoms with van der Waals surface area (Å²) in [5.74, 6) is -1.17. The SMILES string of the molecule is NCCc1cccc(Cl)c1Oc1ccc(F)cc1F. The summed E-state index contributed by atoms with van der Waals surface area (Å²) in [7, 11) is 0. The van der Waals surface area contributed by atoms with Gasteiger partial charge < -0.3 is 10.5 Å². The molecule has 0 bridgehead atoms. The van der Waals surface area contributed by atoms with Crippen molar-refractivity contribution in [1.82, 2.24) is 0 Å². The first-order chi connectivity index (χ1) is 9.11. The molecule has 0 spiro atoms. The van der Waals surface area contributed by atoms with E-state index in [1.165, 1.54) is 6.07 Å². The molecule has 2 aromatic carbocycles. The number of halogens is 3. The zero-order valence-electron chi connectivity index (χ0n) is 10.00. The maximum atomic E-state index is 13.6. The third-order valence-corrected chi connectivity index (χ3v) is 2.87. The van der Waals surface area contributed by atoms with E-state index in [0.29, 0.717) is 23.7 Å². The first-order valence-electron chi connectivity index (χ1n) is 5.72. The molecule has 2 nitrogen and oxygen atoms in total. The van der Waals surface area contributed by atoms with Crippen LogP contribution in [0.3, 0.4) is 0 Å². The fourth-order valence-corrected chi connectivity index (χ4v) is 1.92. The normalized spacial score (nSPS) is 10.5. The molecule has 0 unspecified atom stereocenters. The van der Waals surface area contributed by atoms with Gasteiger partial charge in [0.15, 0.2) is 11.6 Å². The average molecular weight is 284 g/mol. The van der Waals surface area contributed by atoms with Gasteiger partial charge in [-0.2, -0.15) is 0 Å². The average Bonchev–Trinajstić information content (AvgIpc) is 2.36. The lowest BCUT2D eigenvalue weighted by Gasteiger charge is -2.12. The molecule has 0 amide bonds. The minimum absolute atomic E-state index is 0.0761. The molecule has 19 heavy (non-hydrogen) atoms. The van der Waals surface area contributed by atoms with E-state index in [4.69, 9.17) is 22.1 Å². The topological polar surface area (TPSA) is 35.2 Å². The van der Waals surface area contributed by atoms with Gasteiger partial charge in [0, 0.05) is 6.07 Å².